The molecule has 3 heteroatoms. The van der Waals surface area contributed by atoms with Gasteiger partial charge in [-0.2, -0.15) is 12.6 Å². The topological polar surface area (TPSA) is 24.1 Å². The summed E-state index contributed by atoms with van der Waals surface area (Å²) in [7, 11) is 0. The maximum absolute atomic E-state index is 4.58. The van der Waals surface area contributed by atoms with Crippen LogP contribution < -0.4 is 10.6 Å². The molecule has 2 nitrogen and oxygen atoms in total. The number of nitrogens with one attached hydrogen (secondary N) is 2. The van der Waals surface area contributed by atoms with Crippen LogP contribution in [-0.4, -0.2) is 18.3 Å². The number of allylic oxidation sites excluding steroid dienone is 2. The third-order valence-corrected chi connectivity index (χ3v) is 6.02. The van der Waals surface area contributed by atoms with Gasteiger partial charge in [-0.05, 0) is 57.3 Å². The van der Waals surface area contributed by atoms with Crippen LogP contribution in [0.25, 0.3) is 0 Å². The normalized spacial score (nSPS) is 19.9. The van der Waals surface area contributed by atoms with Crippen molar-refractivity contribution < 1.29 is 0 Å². The molecule has 0 heterocycles. The van der Waals surface area contributed by atoms with Crippen molar-refractivity contribution in [3.05, 3.63) is 24.6 Å². The predicted octanol–water partition coefficient (Wildman–Crippen LogP) is 6.60. The lowest BCUT2D eigenvalue weighted by molar-refractivity contribution is 0.358. The number of hydrogen-bond acceptors (Lipinski definition) is 3. The first kappa shape index (κ1) is 23.5. The zero-order valence-electron chi connectivity index (χ0n) is 17.3. The molecule has 1 saturated carbocycles. The van der Waals surface area contributed by atoms with Crippen LogP contribution in [0.4, 0.5) is 0 Å². The Morgan fingerprint density at radius 2 is 1.31 bits per heavy atom. The SMILES string of the molecule is C=C(CCC)NCCCCCCCCCNC(=C)CC1CCC(S)CC1. The number of rotatable bonds is 16. The van der Waals surface area contributed by atoms with E-state index in [4.69, 9.17) is 0 Å². The van der Waals surface area contributed by atoms with Crippen LogP contribution in [0.3, 0.4) is 0 Å². The summed E-state index contributed by atoms with van der Waals surface area (Å²) in [4.78, 5) is 0. The smallest absolute Gasteiger partial charge is 0.0143 e. The minimum atomic E-state index is 0.643. The van der Waals surface area contributed by atoms with Crippen LogP contribution in [0, 0.1) is 5.92 Å². The lowest BCUT2D eigenvalue weighted by Crippen LogP contribution is -2.20. The first-order valence-corrected chi connectivity index (χ1v) is 11.6. The Bertz CT molecular complexity index is 372. The molecule has 0 atom stereocenters. The highest BCUT2D eigenvalue weighted by molar-refractivity contribution is 7.80. The van der Waals surface area contributed by atoms with Crippen molar-refractivity contribution in [3.63, 3.8) is 0 Å². The molecule has 0 aliphatic heterocycles. The van der Waals surface area contributed by atoms with E-state index in [0.29, 0.717) is 5.25 Å². The van der Waals surface area contributed by atoms with Crippen molar-refractivity contribution in [1.82, 2.24) is 10.6 Å². The molecule has 0 unspecified atom stereocenters. The predicted molar refractivity (Wildman–Crippen MR) is 121 cm³/mol. The minimum absolute atomic E-state index is 0.643. The molecular weight excluding hydrogens is 336 g/mol. The average molecular weight is 381 g/mol. The summed E-state index contributed by atoms with van der Waals surface area (Å²) in [5.41, 5.74) is 2.46. The maximum Gasteiger partial charge on any atom is 0.0143 e. The van der Waals surface area contributed by atoms with Gasteiger partial charge in [-0.3, -0.25) is 0 Å². The largest absolute Gasteiger partial charge is 0.389 e. The molecule has 0 radical (unpaired) electrons. The molecule has 152 valence electrons. The monoisotopic (exact) mass is 380 g/mol. The lowest BCUT2D eigenvalue weighted by atomic mass is 9.86. The Morgan fingerprint density at radius 1 is 0.808 bits per heavy atom. The molecule has 0 aromatic heterocycles. The minimum Gasteiger partial charge on any atom is -0.389 e. The van der Waals surface area contributed by atoms with Gasteiger partial charge in [0, 0.05) is 29.7 Å². The Morgan fingerprint density at radius 3 is 1.85 bits per heavy atom. The molecule has 0 amide bonds. The second kappa shape index (κ2) is 15.5. The molecule has 2 N–H and O–H groups in total. The summed E-state index contributed by atoms with van der Waals surface area (Å²) in [6.45, 7) is 12.7. The summed E-state index contributed by atoms with van der Waals surface area (Å²) >= 11 is 4.58. The van der Waals surface area contributed by atoms with Gasteiger partial charge in [0.25, 0.3) is 0 Å². The van der Waals surface area contributed by atoms with Crippen LogP contribution in [-0.2, 0) is 0 Å². The molecule has 1 aliphatic carbocycles. The van der Waals surface area contributed by atoms with Crippen LogP contribution in [0.2, 0.25) is 0 Å². The second-order valence-corrected chi connectivity index (χ2v) is 8.89. The van der Waals surface area contributed by atoms with Crippen LogP contribution >= 0.6 is 12.6 Å². The summed E-state index contributed by atoms with van der Waals surface area (Å²) in [5, 5.41) is 7.62. The van der Waals surface area contributed by atoms with Crippen molar-refractivity contribution >= 4 is 12.6 Å². The van der Waals surface area contributed by atoms with Gasteiger partial charge in [0.2, 0.25) is 0 Å². The van der Waals surface area contributed by atoms with E-state index in [2.05, 4.69) is 43.3 Å². The molecule has 26 heavy (non-hydrogen) atoms. The molecule has 1 rings (SSSR count). The van der Waals surface area contributed by atoms with E-state index in [1.54, 1.807) is 0 Å². The van der Waals surface area contributed by atoms with Gasteiger partial charge in [0.05, 0.1) is 0 Å². The Kier molecular flexibility index (Phi) is 14.0. The second-order valence-electron chi connectivity index (χ2n) is 8.16. The third-order valence-electron chi connectivity index (χ3n) is 5.51. The van der Waals surface area contributed by atoms with Crippen molar-refractivity contribution in [2.24, 2.45) is 5.92 Å². The quantitative estimate of drug-likeness (QED) is 0.207. The van der Waals surface area contributed by atoms with E-state index < -0.39 is 0 Å². The fourth-order valence-corrected chi connectivity index (χ4v) is 4.12. The van der Waals surface area contributed by atoms with Crippen LogP contribution in [0.15, 0.2) is 24.6 Å². The zero-order chi connectivity index (χ0) is 19.0. The molecule has 0 aromatic carbocycles. The van der Waals surface area contributed by atoms with Crippen molar-refractivity contribution in [2.45, 2.75) is 102 Å². The van der Waals surface area contributed by atoms with E-state index in [0.717, 1.165) is 25.4 Å². The molecule has 0 spiro atoms. The summed E-state index contributed by atoms with van der Waals surface area (Å²) in [5.74, 6) is 0.840. The summed E-state index contributed by atoms with van der Waals surface area (Å²) < 4.78 is 0. The number of hydrogen-bond donors (Lipinski definition) is 3. The third kappa shape index (κ3) is 12.7. The fraction of sp³-hybridized carbons (Fsp3) is 0.826. The van der Waals surface area contributed by atoms with E-state index >= 15 is 0 Å². The van der Waals surface area contributed by atoms with Gasteiger partial charge in [-0.25, -0.2) is 0 Å². The molecule has 1 aliphatic rings. The highest BCUT2D eigenvalue weighted by atomic mass is 32.1. The molecular formula is C23H44N2S. The lowest BCUT2D eigenvalue weighted by Gasteiger charge is -2.26. The van der Waals surface area contributed by atoms with Crippen LogP contribution in [0.1, 0.15) is 96.8 Å². The van der Waals surface area contributed by atoms with Crippen molar-refractivity contribution in [2.75, 3.05) is 13.1 Å². The van der Waals surface area contributed by atoms with Gasteiger partial charge < -0.3 is 10.6 Å². The first-order chi connectivity index (χ1) is 12.6. The summed E-state index contributed by atoms with van der Waals surface area (Å²) in [6.07, 6.45) is 18.0. The summed E-state index contributed by atoms with van der Waals surface area (Å²) in [6, 6.07) is 0. The van der Waals surface area contributed by atoms with Gasteiger partial charge in [0.15, 0.2) is 0 Å². The zero-order valence-corrected chi connectivity index (χ0v) is 18.2. The van der Waals surface area contributed by atoms with Crippen molar-refractivity contribution in [3.8, 4) is 0 Å². The van der Waals surface area contributed by atoms with E-state index in [9.17, 15) is 0 Å². The standard InChI is InChI=1S/C23H44N2S/c1-4-12-20(2)24-17-10-8-6-5-7-9-11-18-25-21(3)19-22-13-15-23(26)16-14-22/h22-26H,2-19H2,1H3. The Balaban J connectivity index is 1.81. The molecule has 0 aromatic rings. The van der Waals surface area contributed by atoms with E-state index in [1.807, 2.05) is 0 Å². The fourth-order valence-electron chi connectivity index (χ4n) is 3.82. The number of thiol groups is 1. The Hall–Kier alpha value is -0.570. The molecule has 0 saturated heterocycles. The van der Waals surface area contributed by atoms with E-state index in [1.165, 1.54) is 94.9 Å². The van der Waals surface area contributed by atoms with Gasteiger partial charge in [-0.15, -0.1) is 0 Å². The van der Waals surface area contributed by atoms with Gasteiger partial charge >= 0.3 is 0 Å². The Labute approximate surface area is 169 Å². The highest BCUT2D eigenvalue weighted by Crippen LogP contribution is 2.30. The molecule has 1 fully saturated rings. The molecule has 0 bridgehead atoms. The average Bonchev–Trinajstić information content (AvgIpc) is 2.62. The first-order valence-electron chi connectivity index (χ1n) is 11.1. The van der Waals surface area contributed by atoms with E-state index in [-0.39, 0.29) is 0 Å². The maximum atomic E-state index is 4.58. The van der Waals surface area contributed by atoms with Gasteiger partial charge in [0.1, 0.15) is 0 Å². The van der Waals surface area contributed by atoms with Gasteiger partial charge in [-0.1, -0.05) is 58.6 Å². The number of unbranched alkanes of at least 4 members (excludes halogenated alkanes) is 6. The van der Waals surface area contributed by atoms with Crippen molar-refractivity contribution in [1.29, 1.82) is 0 Å². The highest BCUT2D eigenvalue weighted by Gasteiger charge is 2.19. The van der Waals surface area contributed by atoms with Crippen LogP contribution in [0.5, 0.6) is 0 Å².